The van der Waals surface area contributed by atoms with E-state index in [0.29, 0.717) is 5.56 Å². The fourth-order valence-corrected chi connectivity index (χ4v) is 2.92. The van der Waals surface area contributed by atoms with E-state index in [-0.39, 0.29) is 10.7 Å². The minimum atomic E-state index is -3.89. The summed E-state index contributed by atoms with van der Waals surface area (Å²) in [6.45, 7) is 3.55. The van der Waals surface area contributed by atoms with Gasteiger partial charge in [-0.3, -0.25) is 4.79 Å². The van der Waals surface area contributed by atoms with Crippen molar-refractivity contribution in [1.29, 1.82) is 0 Å². The number of aryl methyl sites for hydroxylation is 2. The van der Waals surface area contributed by atoms with E-state index in [9.17, 15) is 13.2 Å². The van der Waals surface area contributed by atoms with Gasteiger partial charge in [0.05, 0.1) is 11.2 Å². The monoisotopic (exact) mass is 279 g/mol. The summed E-state index contributed by atoms with van der Waals surface area (Å²) in [6, 6.07) is 7.80. The van der Waals surface area contributed by atoms with E-state index in [1.54, 1.807) is 19.1 Å². The highest BCUT2D eigenvalue weighted by Gasteiger charge is 2.21. The summed E-state index contributed by atoms with van der Waals surface area (Å²) in [4.78, 5) is 11.8. The van der Waals surface area contributed by atoms with E-state index in [1.807, 2.05) is 11.6 Å². The number of nitrogens with one attached hydrogen (secondary N) is 1. The molecule has 0 unspecified atom stereocenters. The maximum atomic E-state index is 12.1. The number of rotatable bonds is 3. The molecule has 2 rings (SSSR count). The minimum absolute atomic E-state index is 0.0478. The first-order valence-corrected chi connectivity index (χ1v) is 7.06. The average Bonchev–Trinajstić information content (AvgIpc) is 2.80. The fraction of sp³-hybridized carbons (Fsp3) is 0.154. The average molecular weight is 279 g/mol. The standard InChI is InChI=1S/C13H13NO4S/c1-9-5-6-12(10(2)8-9)19(16,17)14-13(15)11-4-3-7-18-11/h3-8H,1-2H3,(H,14,15). The molecule has 0 atom stereocenters. The third-order valence-electron chi connectivity index (χ3n) is 2.59. The molecule has 2 aromatic rings. The Balaban J connectivity index is 2.30. The van der Waals surface area contributed by atoms with Crippen LogP contribution in [0.2, 0.25) is 0 Å². The molecular weight excluding hydrogens is 266 g/mol. The van der Waals surface area contributed by atoms with Gasteiger partial charge in [-0.15, -0.1) is 0 Å². The van der Waals surface area contributed by atoms with Crippen LogP contribution in [0.5, 0.6) is 0 Å². The Labute approximate surface area is 111 Å². The van der Waals surface area contributed by atoms with Gasteiger partial charge < -0.3 is 4.42 Å². The molecule has 1 N–H and O–H groups in total. The molecule has 0 aliphatic carbocycles. The second kappa shape index (κ2) is 4.89. The number of benzene rings is 1. The lowest BCUT2D eigenvalue weighted by atomic mass is 10.2. The van der Waals surface area contributed by atoms with Gasteiger partial charge in [-0.05, 0) is 37.6 Å². The smallest absolute Gasteiger partial charge is 0.300 e. The second-order valence-corrected chi connectivity index (χ2v) is 5.83. The molecule has 1 heterocycles. The summed E-state index contributed by atoms with van der Waals surface area (Å²) in [5.74, 6) is -0.835. The molecule has 6 heteroatoms. The molecule has 1 aromatic carbocycles. The van der Waals surface area contributed by atoms with Gasteiger partial charge in [0.2, 0.25) is 0 Å². The Morgan fingerprint density at radius 1 is 1.21 bits per heavy atom. The van der Waals surface area contributed by atoms with E-state index < -0.39 is 15.9 Å². The van der Waals surface area contributed by atoms with Gasteiger partial charge in [-0.25, -0.2) is 13.1 Å². The first kappa shape index (κ1) is 13.4. The van der Waals surface area contributed by atoms with E-state index >= 15 is 0 Å². The molecule has 5 nitrogen and oxygen atoms in total. The number of amides is 1. The first-order chi connectivity index (χ1) is 8.90. The summed E-state index contributed by atoms with van der Waals surface area (Å²) in [5, 5.41) is 0. The zero-order valence-corrected chi connectivity index (χ0v) is 11.3. The number of sulfonamides is 1. The number of carbonyl (C=O) groups excluding carboxylic acids is 1. The Morgan fingerprint density at radius 2 is 1.95 bits per heavy atom. The Kier molecular flexibility index (Phi) is 3.44. The van der Waals surface area contributed by atoms with Crippen LogP contribution in [0.1, 0.15) is 21.7 Å². The minimum Gasteiger partial charge on any atom is -0.459 e. The van der Waals surface area contributed by atoms with Crippen LogP contribution < -0.4 is 4.72 Å². The van der Waals surface area contributed by atoms with Crippen LogP contribution in [0.25, 0.3) is 0 Å². The van der Waals surface area contributed by atoms with Crippen LogP contribution in [-0.2, 0) is 10.0 Å². The van der Waals surface area contributed by atoms with Crippen LogP contribution in [0.4, 0.5) is 0 Å². The van der Waals surface area contributed by atoms with Crippen molar-refractivity contribution < 1.29 is 17.6 Å². The van der Waals surface area contributed by atoms with E-state index in [4.69, 9.17) is 4.42 Å². The van der Waals surface area contributed by atoms with Gasteiger partial charge in [0.1, 0.15) is 0 Å². The van der Waals surface area contributed by atoms with Gasteiger partial charge in [-0.1, -0.05) is 17.7 Å². The van der Waals surface area contributed by atoms with Crippen molar-refractivity contribution >= 4 is 15.9 Å². The molecule has 0 aliphatic rings. The molecule has 0 spiro atoms. The van der Waals surface area contributed by atoms with E-state index in [0.717, 1.165) is 5.56 Å². The van der Waals surface area contributed by atoms with Crippen molar-refractivity contribution in [2.75, 3.05) is 0 Å². The van der Waals surface area contributed by atoms with E-state index in [2.05, 4.69) is 0 Å². The fourth-order valence-electron chi connectivity index (χ4n) is 1.74. The zero-order chi connectivity index (χ0) is 14.0. The summed E-state index contributed by atoms with van der Waals surface area (Å²) < 4.78 is 31.0. The Bertz CT molecular complexity index is 702. The van der Waals surface area contributed by atoms with Gasteiger partial charge in [0.15, 0.2) is 5.76 Å². The maximum Gasteiger partial charge on any atom is 0.300 e. The van der Waals surface area contributed by atoms with Gasteiger partial charge in [0, 0.05) is 0 Å². The molecule has 0 saturated heterocycles. The van der Waals surface area contributed by atoms with Crippen molar-refractivity contribution in [3.05, 3.63) is 53.5 Å². The van der Waals surface area contributed by atoms with Crippen LogP contribution in [0, 0.1) is 13.8 Å². The predicted molar refractivity (Wildman–Crippen MR) is 69.3 cm³/mol. The molecule has 0 fully saturated rings. The van der Waals surface area contributed by atoms with Crippen molar-refractivity contribution in [2.45, 2.75) is 18.7 Å². The summed E-state index contributed by atoms with van der Waals surface area (Å²) in [5.41, 5.74) is 1.54. The highest BCUT2D eigenvalue weighted by atomic mass is 32.2. The molecule has 0 bridgehead atoms. The Hall–Kier alpha value is -2.08. The van der Waals surface area contributed by atoms with Gasteiger partial charge in [-0.2, -0.15) is 0 Å². The molecular formula is C13H13NO4S. The van der Waals surface area contributed by atoms with Gasteiger partial charge >= 0.3 is 5.91 Å². The SMILES string of the molecule is Cc1ccc(S(=O)(=O)NC(=O)c2ccco2)c(C)c1. The quantitative estimate of drug-likeness (QED) is 0.932. The number of hydrogen-bond donors (Lipinski definition) is 1. The van der Waals surface area contributed by atoms with Crippen molar-refractivity contribution in [3.63, 3.8) is 0 Å². The number of carbonyl (C=O) groups is 1. The summed E-state index contributed by atoms with van der Waals surface area (Å²) in [6.07, 6.45) is 1.30. The summed E-state index contributed by atoms with van der Waals surface area (Å²) >= 11 is 0. The molecule has 1 aromatic heterocycles. The van der Waals surface area contributed by atoms with E-state index in [1.165, 1.54) is 24.5 Å². The highest BCUT2D eigenvalue weighted by molar-refractivity contribution is 7.90. The van der Waals surface area contributed by atoms with Crippen molar-refractivity contribution in [1.82, 2.24) is 4.72 Å². The first-order valence-electron chi connectivity index (χ1n) is 5.58. The normalized spacial score (nSPS) is 11.3. The zero-order valence-electron chi connectivity index (χ0n) is 10.5. The lowest BCUT2D eigenvalue weighted by Gasteiger charge is -2.08. The molecule has 1 amide bonds. The molecule has 100 valence electrons. The molecule has 0 aliphatic heterocycles. The van der Waals surface area contributed by atoms with Crippen LogP contribution in [0.15, 0.2) is 45.9 Å². The molecule has 19 heavy (non-hydrogen) atoms. The number of furan rings is 1. The van der Waals surface area contributed by atoms with Crippen LogP contribution in [0.3, 0.4) is 0 Å². The lowest BCUT2D eigenvalue weighted by molar-refractivity contribution is 0.0954. The van der Waals surface area contributed by atoms with Gasteiger partial charge in [0.25, 0.3) is 10.0 Å². The second-order valence-electron chi connectivity index (χ2n) is 4.18. The van der Waals surface area contributed by atoms with Crippen molar-refractivity contribution in [2.24, 2.45) is 0 Å². The highest BCUT2D eigenvalue weighted by Crippen LogP contribution is 2.16. The van der Waals surface area contributed by atoms with Crippen LogP contribution in [-0.4, -0.2) is 14.3 Å². The lowest BCUT2D eigenvalue weighted by Crippen LogP contribution is -2.30. The maximum absolute atomic E-state index is 12.1. The third kappa shape index (κ3) is 2.85. The topological polar surface area (TPSA) is 76.4 Å². The predicted octanol–water partition coefficient (Wildman–Crippen LogP) is 2.02. The van der Waals surface area contributed by atoms with Crippen LogP contribution >= 0.6 is 0 Å². The molecule has 0 saturated carbocycles. The number of hydrogen-bond acceptors (Lipinski definition) is 4. The third-order valence-corrected chi connectivity index (χ3v) is 4.08. The van der Waals surface area contributed by atoms with Crippen molar-refractivity contribution in [3.8, 4) is 0 Å². The Morgan fingerprint density at radius 3 is 2.53 bits per heavy atom. The largest absolute Gasteiger partial charge is 0.459 e. The summed E-state index contributed by atoms with van der Waals surface area (Å²) in [7, 11) is -3.89. The molecule has 0 radical (unpaired) electrons.